The predicted molar refractivity (Wildman–Crippen MR) is 127 cm³/mol. The van der Waals surface area contributed by atoms with Crippen molar-refractivity contribution < 1.29 is 22.6 Å². The van der Waals surface area contributed by atoms with E-state index < -0.39 is 17.5 Å². The molecule has 0 aliphatic carbocycles. The second-order valence-electron chi connectivity index (χ2n) is 8.93. The van der Waals surface area contributed by atoms with Gasteiger partial charge >= 0.3 is 6.18 Å². The van der Waals surface area contributed by atoms with E-state index in [4.69, 9.17) is 9.47 Å². The van der Waals surface area contributed by atoms with Gasteiger partial charge in [-0.1, -0.05) is 76.5 Å². The lowest BCUT2D eigenvalue weighted by Gasteiger charge is -2.37. The molecule has 0 aliphatic rings. The molecule has 186 valence electrons. The molecule has 1 aromatic rings. The van der Waals surface area contributed by atoms with E-state index in [1.54, 1.807) is 6.07 Å². The van der Waals surface area contributed by atoms with Gasteiger partial charge in [-0.3, -0.25) is 0 Å². The molecule has 0 heterocycles. The molecule has 0 radical (unpaired) electrons. The quantitative estimate of drug-likeness (QED) is 0.161. The standard InChI is InChI=1S/C27H45F3O2/c1-5-8-9-10-11-14-19-24(26(4,31-6-2)32-7-3)20-15-12-13-17-23-18-16-21-25(22-23)27(28,29)30/h16,18,21-22,24H,5-15,17,19-20H2,1-4H3. The fourth-order valence-corrected chi connectivity index (χ4v) is 4.49. The number of ether oxygens (including phenoxy) is 2. The van der Waals surface area contributed by atoms with Crippen LogP contribution in [0.5, 0.6) is 0 Å². The Bertz CT molecular complexity index is 595. The lowest BCUT2D eigenvalue weighted by Crippen LogP contribution is -2.41. The molecule has 0 amide bonds. The molecule has 0 spiro atoms. The molecule has 1 rings (SSSR count). The smallest absolute Gasteiger partial charge is 0.350 e. The third kappa shape index (κ3) is 11.2. The lowest BCUT2D eigenvalue weighted by atomic mass is 9.87. The zero-order valence-electron chi connectivity index (χ0n) is 20.7. The molecule has 32 heavy (non-hydrogen) atoms. The highest BCUT2D eigenvalue weighted by molar-refractivity contribution is 5.25. The average Bonchev–Trinajstić information content (AvgIpc) is 2.74. The minimum atomic E-state index is -4.28. The van der Waals surface area contributed by atoms with Crippen molar-refractivity contribution in [2.24, 2.45) is 5.92 Å². The second-order valence-corrected chi connectivity index (χ2v) is 8.93. The minimum absolute atomic E-state index is 0.335. The summed E-state index contributed by atoms with van der Waals surface area (Å²) in [6.07, 6.45) is 9.06. The van der Waals surface area contributed by atoms with E-state index in [1.807, 2.05) is 13.8 Å². The summed E-state index contributed by atoms with van der Waals surface area (Å²) in [5, 5.41) is 0. The third-order valence-corrected chi connectivity index (χ3v) is 6.28. The van der Waals surface area contributed by atoms with Crippen molar-refractivity contribution in [2.45, 2.75) is 117 Å². The average molecular weight is 459 g/mol. The Kier molecular flexibility index (Phi) is 14.2. The molecule has 0 N–H and O–H groups in total. The highest BCUT2D eigenvalue weighted by Crippen LogP contribution is 2.33. The zero-order chi connectivity index (χ0) is 23.9. The van der Waals surface area contributed by atoms with Crippen LogP contribution in [0.1, 0.15) is 109 Å². The Hall–Kier alpha value is -1.07. The van der Waals surface area contributed by atoms with Crippen LogP contribution in [0.15, 0.2) is 24.3 Å². The molecule has 0 saturated heterocycles. The normalized spacial score (nSPS) is 13.5. The predicted octanol–water partition coefficient (Wildman–Crippen LogP) is 8.96. The monoisotopic (exact) mass is 458 g/mol. The van der Waals surface area contributed by atoms with Crippen molar-refractivity contribution in [3.05, 3.63) is 35.4 Å². The number of rotatable bonds is 18. The van der Waals surface area contributed by atoms with Crippen LogP contribution in [0, 0.1) is 5.92 Å². The molecule has 0 aromatic heterocycles. The summed E-state index contributed by atoms with van der Waals surface area (Å²) in [6.45, 7) is 9.57. The number of halogens is 3. The third-order valence-electron chi connectivity index (χ3n) is 6.28. The van der Waals surface area contributed by atoms with Gasteiger partial charge in [0.1, 0.15) is 0 Å². The van der Waals surface area contributed by atoms with Crippen LogP contribution >= 0.6 is 0 Å². The highest BCUT2D eigenvalue weighted by atomic mass is 19.4. The lowest BCUT2D eigenvalue weighted by molar-refractivity contribution is -0.254. The Morgan fingerprint density at radius 3 is 1.91 bits per heavy atom. The van der Waals surface area contributed by atoms with Gasteiger partial charge < -0.3 is 9.47 Å². The fraction of sp³-hybridized carbons (Fsp3) is 0.778. The van der Waals surface area contributed by atoms with Gasteiger partial charge in [0.2, 0.25) is 0 Å². The Morgan fingerprint density at radius 1 is 0.781 bits per heavy atom. The molecule has 1 atom stereocenters. The van der Waals surface area contributed by atoms with Gasteiger partial charge in [0.25, 0.3) is 0 Å². The maximum Gasteiger partial charge on any atom is 0.416 e. The maximum absolute atomic E-state index is 12.9. The van der Waals surface area contributed by atoms with E-state index in [0.29, 0.717) is 25.6 Å². The summed E-state index contributed by atoms with van der Waals surface area (Å²) in [7, 11) is 0. The molecule has 2 nitrogen and oxygen atoms in total. The van der Waals surface area contributed by atoms with Gasteiger partial charge in [-0.2, -0.15) is 13.2 Å². The van der Waals surface area contributed by atoms with Gasteiger partial charge in [-0.05, 0) is 58.1 Å². The van der Waals surface area contributed by atoms with Gasteiger partial charge in [-0.25, -0.2) is 0 Å². The zero-order valence-corrected chi connectivity index (χ0v) is 20.7. The van der Waals surface area contributed by atoms with Crippen LogP contribution < -0.4 is 0 Å². The molecule has 1 unspecified atom stereocenters. The summed E-state index contributed by atoms with van der Waals surface area (Å²) in [5.41, 5.74) is 0.204. The number of hydrogen-bond donors (Lipinski definition) is 0. The first-order valence-electron chi connectivity index (χ1n) is 12.7. The van der Waals surface area contributed by atoms with Gasteiger partial charge in [0, 0.05) is 19.1 Å². The highest BCUT2D eigenvalue weighted by Gasteiger charge is 2.35. The van der Waals surface area contributed by atoms with Crippen molar-refractivity contribution >= 4 is 0 Å². The van der Waals surface area contributed by atoms with Crippen molar-refractivity contribution in [3.63, 3.8) is 0 Å². The van der Waals surface area contributed by atoms with Crippen LogP contribution in [0.4, 0.5) is 13.2 Å². The molecule has 1 aromatic carbocycles. The van der Waals surface area contributed by atoms with Crippen molar-refractivity contribution in [3.8, 4) is 0 Å². The molecule has 0 aliphatic heterocycles. The summed E-state index contributed by atoms with van der Waals surface area (Å²) in [5.74, 6) is -0.226. The van der Waals surface area contributed by atoms with Gasteiger partial charge in [0.15, 0.2) is 5.79 Å². The number of aryl methyl sites for hydroxylation is 1. The molecule has 5 heteroatoms. The number of unbranched alkanes of at least 4 members (excludes halogenated alkanes) is 7. The summed E-state index contributed by atoms with van der Waals surface area (Å²) >= 11 is 0. The summed E-state index contributed by atoms with van der Waals surface area (Å²) in [6, 6.07) is 5.71. The van der Waals surface area contributed by atoms with E-state index in [2.05, 4.69) is 13.8 Å². The second kappa shape index (κ2) is 15.7. The van der Waals surface area contributed by atoms with Gasteiger partial charge in [0.05, 0.1) is 5.56 Å². The Morgan fingerprint density at radius 2 is 1.34 bits per heavy atom. The van der Waals surface area contributed by atoms with Crippen LogP contribution in [-0.2, 0) is 22.1 Å². The van der Waals surface area contributed by atoms with E-state index >= 15 is 0 Å². The summed E-state index contributed by atoms with van der Waals surface area (Å²) in [4.78, 5) is 0. The maximum atomic E-state index is 12.9. The Labute approximate surface area is 194 Å². The number of hydrogen-bond acceptors (Lipinski definition) is 2. The van der Waals surface area contributed by atoms with Crippen LogP contribution in [0.3, 0.4) is 0 Å². The summed E-state index contributed by atoms with van der Waals surface area (Å²) < 4.78 is 50.8. The van der Waals surface area contributed by atoms with Crippen molar-refractivity contribution in [1.82, 2.24) is 0 Å². The van der Waals surface area contributed by atoms with Crippen molar-refractivity contribution in [2.75, 3.05) is 13.2 Å². The van der Waals surface area contributed by atoms with Crippen LogP contribution in [0.25, 0.3) is 0 Å². The minimum Gasteiger partial charge on any atom is -0.350 e. The topological polar surface area (TPSA) is 18.5 Å². The van der Waals surface area contributed by atoms with Crippen LogP contribution in [-0.4, -0.2) is 19.0 Å². The number of benzene rings is 1. The number of alkyl halides is 3. The van der Waals surface area contributed by atoms with Crippen LogP contribution in [0.2, 0.25) is 0 Å². The molecular weight excluding hydrogens is 413 g/mol. The Balaban J connectivity index is 2.54. The first kappa shape index (κ1) is 29.0. The van der Waals surface area contributed by atoms with E-state index in [9.17, 15) is 13.2 Å². The SMILES string of the molecule is CCCCCCCCC(CCCCCc1cccc(C(F)(F)F)c1)C(C)(OCC)OCC. The van der Waals surface area contributed by atoms with Gasteiger partial charge in [-0.15, -0.1) is 0 Å². The largest absolute Gasteiger partial charge is 0.416 e. The first-order chi connectivity index (χ1) is 15.3. The van der Waals surface area contributed by atoms with E-state index in [0.717, 1.165) is 43.7 Å². The molecule has 0 fully saturated rings. The molecule has 0 bridgehead atoms. The molecular formula is C27H45F3O2. The van der Waals surface area contributed by atoms with E-state index in [1.165, 1.54) is 50.7 Å². The fourth-order valence-electron chi connectivity index (χ4n) is 4.49. The van der Waals surface area contributed by atoms with Crippen molar-refractivity contribution in [1.29, 1.82) is 0 Å². The molecule has 0 saturated carbocycles. The van der Waals surface area contributed by atoms with E-state index in [-0.39, 0.29) is 0 Å². The first-order valence-corrected chi connectivity index (χ1v) is 12.7.